The summed E-state index contributed by atoms with van der Waals surface area (Å²) in [5.74, 6) is 1.60. The Balaban J connectivity index is 1.23. The van der Waals surface area contributed by atoms with Crippen LogP contribution in [-0.4, -0.2) is 96.6 Å². The fourth-order valence-corrected chi connectivity index (χ4v) is 4.42. The first-order chi connectivity index (χ1) is 15.6. The fourth-order valence-electron chi connectivity index (χ4n) is 4.42. The number of hydrogen-bond acceptors (Lipinski definition) is 7. The van der Waals surface area contributed by atoms with Crippen LogP contribution >= 0.6 is 0 Å². The molecule has 1 aromatic heterocycles. The van der Waals surface area contributed by atoms with Crippen molar-refractivity contribution in [3.63, 3.8) is 0 Å². The van der Waals surface area contributed by atoms with Gasteiger partial charge in [0.15, 0.2) is 5.82 Å². The van der Waals surface area contributed by atoms with Crippen molar-refractivity contribution < 1.29 is 9.53 Å². The lowest BCUT2D eigenvalue weighted by atomic mass is 10.1. The lowest BCUT2D eigenvalue weighted by Gasteiger charge is -2.35. The summed E-state index contributed by atoms with van der Waals surface area (Å²) in [6, 6.07) is 8.58. The van der Waals surface area contributed by atoms with E-state index in [0.29, 0.717) is 12.4 Å². The molecule has 0 saturated carbocycles. The smallest absolute Gasteiger partial charge is 0.236 e. The van der Waals surface area contributed by atoms with Gasteiger partial charge in [-0.05, 0) is 24.5 Å². The molecule has 0 aliphatic carbocycles. The lowest BCUT2D eigenvalue weighted by molar-refractivity contribution is -0.132. The molecule has 0 radical (unpaired) electrons. The Hall–Kier alpha value is -2.71. The fraction of sp³-hybridized carbons (Fsp3) is 0.542. The van der Waals surface area contributed by atoms with E-state index < -0.39 is 0 Å². The molecule has 0 atom stereocenters. The van der Waals surface area contributed by atoms with Gasteiger partial charge in [0, 0.05) is 58.9 Å². The van der Waals surface area contributed by atoms with E-state index >= 15 is 0 Å². The Morgan fingerprint density at radius 2 is 1.75 bits per heavy atom. The molecule has 2 saturated heterocycles. The van der Waals surface area contributed by atoms with Crippen LogP contribution in [0.5, 0.6) is 5.88 Å². The molecule has 32 heavy (non-hydrogen) atoms. The quantitative estimate of drug-likeness (QED) is 0.680. The minimum atomic E-state index is 0.248. The summed E-state index contributed by atoms with van der Waals surface area (Å²) < 4.78 is 5.18. The Labute approximate surface area is 190 Å². The van der Waals surface area contributed by atoms with Crippen molar-refractivity contribution in [2.75, 3.05) is 70.9 Å². The van der Waals surface area contributed by atoms with Gasteiger partial charge in [0.05, 0.1) is 26.0 Å². The zero-order valence-corrected chi connectivity index (χ0v) is 19.2. The first kappa shape index (κ1) is 22.5. The van der Waals surface area contributed by atoms with E-state index in [1.807, 2.05) is 0 Å². The van der Waals surface area contributed by atoms with Gasteiger partial charge in [0.1, 0.15) is 0 Å². The highest BCUT2D eigenvalue weighted by molar-refractivity contribution is 5.78. The first-order valence-corrected chi connectivity index (χ1v) is 11.5. The molecule has 1 aromatic carbocycles. The number of methoxy groups -OCH3 is 1. The molecule has 2 aliphatic rings. The Morgan fingerprint density at radius 3 is 2.53 bits per heavy atom. The normalized spacial score (nSPS) is 18.4. The average Bonchev–Trinajstić information content (AvgIpc) is 3.07. The third-order valence-corrected chi connectivity index (χ3v) is 6.46. The molecule has 1 amide bonds. The van der Waals surface area contributed by atoms with E-state index in [9.17, 15) is 4.79 Å². The van der Waals surface area contributed by atoms with Gasteiger partial charge in [0.2, 0.25) is 11.8 Å². The highest BCUT2D eigenvalue weighted by atomic mass is 16.5. The predicted molar refractivity (Wildman–Crippen MR) is 125 cm³/mol. The first-order valence-electron chi connectivity index (χ1n) is 11.5. The van der Waals surface area contributed by atoms with E-state index in [1.165, 1.54) is 11.1 Å². The molecule has 8 nitrogen and oxygen atoms in total. The highest BCUT2D eigenvalue weighted by Gasteiger charge is 2.24. The van der Waals surface area contributed by atoms with Crippen molar-refractivity contribution >= 4 is 11.7 Å². The van der Waals surface area contributed by atoms with Crippen molar-refractivity contribution in [3.05, 3.63) is 47.8 Å². The van der Waals surface area contributed by atoms with Crippen LogP contribution in [-0.2, 0) is 11.3 Å². The van der Waals surface area contributed by atoms with Crippen molar-refractivity contribution in [2.24, 2.45) is 0 Å². The number of aromatic nitrogens is 2. The summed E-state index contributed by atoms with van der Waals surface area (Å²) in [7, 11) is 1.60. The maximum Gasteiger partial charge on any atom is 0.236 e. The van der Waals surface area contributed by atoms with E-state index in [2.05, 4.69) is 60.8 Å². The highest BCUT2D eigenvalue weighted by Crippen LogP contribution is 2.16. The Bertz CT molecular complexity index is 900. The topological polar surface area (TPSA) is 65.0 Å². The van der Waals surface area contributed by atoms with Crippen LogP contribution in [0, 0.1) is 6.92 Å². The average molecular weight is 439 g/mol. The molecule has 2 aliphatic heterocycles. The number of carbonyl (C=O) groups is 1. The summed E-state index contributed by atoms with van der Waals surface area (Å²) in [5, 5.41) is 0. The molecular weight excluding hydrogens is 404 g/mol. The number of hydrogen-bond donors (Lipinski definition) is 0. The van der Waals surface area contributed by atoms with Gasteiger partial charge >= 0.3 is 0 Å². The van der Waals surface area contributed by atoms with Crippen molar-refractivity contribution in [1.82, 2.24) is 24.7 Å². The molecule has 3 heterocycles. The van der Waals surface area contributed by atoms with Crippen LogP contribution < -0.4 is 9.64 Å². The van der Waals surface area contributed by atoms with Gasteiger partial charge in [-0.1, -0.05) is 24.3 Å². The number of carbonyl (C=O) groups excluding carboxylic acids is 1. The molecule has 8 heteroatoms. The summed E-state index contributed by atoms with van der Waals surface area (Å²) in [5.41, 5.74) is 2.72. The Morgan fingerprint density at radius 1 is 0.969 bits per heavy atom. The zero-order chi connectivity index (χ0) is 22.3. The largest absolute Gasteiger partial charge is 0.480 e. The van der Waals surface area contributed by atoms with E-state index in [4.69, 9.17) is 4.74 Å². The monoisotopic (exact) mass is 438 g/mol. The van der Waals surface area contributed by atoms with E-state index in [0.717, 1.165) is 71.1 Å². The van der Waals surface area contributed by atoms with Crippen LogP contribution in [0.15, 0.2) is 36.7 Å². The minimum Gasteiger partial charge on any atom is -0.480 e. The van der Waals surface area contributed by atoms with Crippen molar-refractivity contribution in [3.8, 4) is 5.88 Å². The summed E-state index contributed by atoms with van der Waals surface area (Å²) in [4.78, 5) is 30.6. The molecule has 4 rings (SSSR count). The molecule has 2 fully saturated rings. The second-order valence-corrected chi connectivity index (χ2v) is 8.62. The molecule has 0 unspecified atom stereocenters. The van der Waals surface area contributed by atoms with Crippen molar-refractivity contribution in [2.45, 2.75) is 19.9 Å². The summed E-state index contributed by atoms with van der Waals surface area (Å²) in [6.45, 7) is 10.6. The maximum absolute atomic E-state index is 13.0. The molecule has 0 bridgehead atoms. The molecular formula is C24H34N6O2. The van der Waals surface area contributed by atoms with Gasteiger partial charge in [-0.25, -0.2) is 0 Å². The summed E-state index contributed by atoms with van der Waals surface area (Å²) >= 11 is 0. The minimum absolute atomic E-state index is 0.248. The molecule has 172 valence electrons. The van der Waals surface area contributed by atoms with Gasteiger partial charge < -0.3 is 14.5 Å². The van der Waals surface area contributed by atoms with Crippen LogP contribution in [0.2, 0.25) is 0 Å². The number of piperazine rings is 1. The van der Waals surface area contributed by atoms with Gasteiger partial charge in [-0.15, -0.1) is 0 Å². The van der Waals surface area contributed by atoms with Crippen LogP contribution in [0.1, 0.15) is 17.5 Å². The van der Waals surface area contributed by atoms with Gasteiger partial charge in [-0.3, -0.25) is 19.6 Å². The van der Waals surface area contributed by atoms with Gasteiger partial charge in [-0.2, -0.15) is 4.98 Å². The predicted octanol–water partition coefficient (Wildman–Crippen LogP) is 1.65. The number of anilines is 1. The number of benzene rings is 1. The third-order valence-electron chi connectivity index (χ3n) is 6.46. The summed E-state index contributed by atoms with van der Waals surface area (Å²) in [6.07, 6.45) is 4.41. The maximum atomic E-state index is 13.0. The SMILES string of the molecule is COc1cncc(N2CCN(CC(=O)N3CCCN(Cc4ccccc4C)CC3)CC2)n1. The van der Waals surface area contributed by atoms with Crippen molar-refractivity contribution in [1.29, 1.82) is 0 Å². The lowest BCUT2D eigenvalue weighted by Crippen LogP contribution is -2.50. The second kappa shape index (κ2) is 10.7. The van der Waals surface area contributed by atoms with Crippen LogP contribution in [0.25, 0.3) is 0 Å². The van der Waals surface area contributed by atoms with Crippen LogP contribution in [0.3, 0.4) is 0 Å². The number of nitrogens with zero attached hydrogens (tertiary/aromatic N) is 6. The standard InChI is InChI=1S/C24H34N6O2/c1-20-6-3-4-7-21(20)18-27-8-5-9-30(15-12-27)24(31)19-28-10-13-29(14-11-28)22-16-25-17-23(26-22)32-2/h3-4,6-7,16-17H,5,8-15,18-19H2,1-2H3. The van der Waals surface area contributed by atoms with E-state index in [-0.39, 0.29) is 5.91 Å². The number of aryl methyl sites for hydroxylation is 1. The van der Waals surface area contributed by atoms with Crippen LogP contribution in [0.4, 0.5) is 5.82 Å². The Kier molecular flexibility index (Phi) is 7.55. The van der Waals surface area contributed by atoms with E-state index in [1.54, 1.807) is 19.5 Å². The van der Waals surface area contributed by atoms with Gasteiger partial charge in [0.25, 0.3) is 0 Å². The second-order valence-electron chi connectivity index (χ2n) is 8.62. The molecule has 0 spiro atoms. The number of amides is 1. The number of ether oxygens (including phenoxy) is 1. The third kappa shape index (κ3) is 5.75. The molecule has 2 aromatic rings. The molecule has 0 N–H and O–H groups in total. The zero-order valence-electron chi connectivity index (χ0n) is 19.2. The number of rotatable bonds is 6.